The van der Waals surface area contributed by atoms with Gasteiger partial charge in [0, 0.05) is 13.2 Å². The summed E-state index contributed by atoms with van der Waals surface area (Å²) in [5.41, 5.74) is 0. The Morgan fingerprint density at radius 3 is 2.93 bits per heavy atom. The van der Waals surface area contributed by atoms with E-state index in [4.69, 9.17) is 9.15 Å². The van der Waals surface area contributed by atoms with Crippen LogP contribution in [0.4, 0.5) is 6.01 Å². The lowest BCUT2D eigenvalue weighted by Gasteiger charge is -2.03. The third-order valence-corrected chi connectivity index (χ3v) is 1.97. The first-order chi connectivity index (χ1) is 7.27. The molecule has 1 aromatic rings. The molecule has 0 aliphatic heterocycles. The van der Waals surface area contributed by atoms with Gasteiger partial charge in [-0.15, -0.1) is 5.10 Å². The van der Waals surface area contributed by atoms with Gasteiger partial charge < -0.3 is 19.8 Å². The summed E-state index contributed by atoms with van der Waals surface area (Å²) in [6.07, 6.45) is 0. The minimum atomic E-state index is 0.0694. The van der Waals surface area contributed by atoms with Crippen molar-refractivity contribution in [3.63, 3.8) is 0 Å². The van der Waals surface area contributed by atoms with Gasteiger partial charge >= 0.3 is 6.01 Å². The van der Waals surface area contributed by atoms with E-state index in [1.165, 1.54) is 0 Å². The van der Waals surface area contributed by atoms with Crippen LogP contribution in [0.2, 0.25) is 0 Å². The van der Waals surface area contributed by atoms with Crippen LogP contribution in [-0.2, 0) is 4.74 Å². The fourth-order valence-corrected chi connectivity index (χ4v) is 0.979. The van der Waals surface area contributed by atoms with Crippen molar-refractivity contribution in [3.8, 4) is 0 Å². The van der Waals surface area contributed by atoms with Gasteiger partial charge in [-0.2, -0.15) is 0 Å². The van der Waals surface area contributed by atoms with Crippen molar-refractivity contribution in [1.82, 2.24) is 15.5 Å². The van der Waals surface area contributed by atoms with Gasteiger partial charge in [-0.1, -0.05) is 5.10 Å². The highest BCUT2D eigenvalue weighted by Gasteiger charge is 2.10. The average molecular weight is 214 g/mol. The maximum atomic E-state index is 5.37. The van der Waals surface area contributed by atoms with Crippen molar-refractivity contribution < 1.29 is 9.15 Å². The van der Waals surface area contributed by atoms with E-state index >= 15 is 0 Å². The van der Waals surface area contributed by atoms with E-state index < -0.39 is 0 Å². The fourth-order valence-electron chi connectivity index (χ4n) is 0.979. The Morgan fingerprint density at radius 2 is 2.27 bits per heavy atom. The zero-order valence-corrected chi connectivity index (χ0v) is 9.41. The van der Waals surface area contributed by atoms with Gasteiger partial charge in [-0.05, 0) is 20.9 Å². The summed E-state index contributed by atoms with van der Waals surface area (Å²) in [5.74, 6) is 0.580. The Bertz CT molecular complexity index is 277. The van der Waals surface area contributed by atoms with Crippen LogP contribution in [0.15, 0.2) is 4.42 Å². The molecule has 1 unspecified atom stereocenters. The molecule has 0 spiro atoms. The monoisotopic (exact) mass is 214 g/mol. The minimum absolute atomic E-state index is 0.0694. The van der Waals surface area contributed by atoms with Crippen LogP contribution in [0.25, 0.3) is 0 Å². The molecule has 0 fully saturated rings. The van der Waals surface area contributed by atoms with Crippen LogP contribution in [0.5, 0.6) is 0 Å². The highest BCUT2D eigenvalue weighted by molar-refractivity contribution is 5.16. The molecule has 0 aliphatic carbocycles. The van der Waals surface area contributed by atoms with E-state index in [-0.39, 0.29) is 6.04 Å². The summed E-state index contributed by atoms with van der Waals surface area (Å²) < 4.78 is 10.5. The first-order valence-corrected chi connectivity index (χ1v) is 5.10. The second kappa shape index (κ2) is 6.36. The molecule has 1 rings (SSSR count). The lowest BCUT2D eigenvalue weighted by atomic mass is 10.3. The number of hydrogen-bond donors (Lipinski definition) is 2. The van der Waals surface area contributed by atoms with Crippen molar-refractivity contribution in [2.75, 3.05) is 32.1 Å². The number of aromatic nitrogens is 2. The molecule has 0 saturated carbocycles. The number of hydrogen-bond acceptors (Lipinski definition) is 6. The molecule has 1 aromatic heterocycles. The normalized spacial score (nSPS) is 12.7. The molecule has 0 radical (unpaired) electrons. The Labute approximate surface area is 89.4 Å². The van der Waals surface area contributed by atoms with E-state index in [9.17, 15) is 0 Å². The molecule has 6 heteroatoms. The second-order valence-corrected chi connectivity index (χ2v) is 3.08. The fraction of sp³-hybridized carbons (Fsp3) is 0.778. The smallest absolute Gasteiger partial charge is 0.315 e. The zero-order valence-electron chi connectivity index (χ0n) is 9.41. The predicted octanol–water partition coefficient (Wildman–Crippen LogP) is 0.798. The molecule has 6 nitrogen and oxygen atoms in total. The number of nitrogens with one attached hydrogen (secondary N) is 2. The Balaban J connectivity index is 2.33. The lowest BCUT2D eigenvalue weighted by molar-refractivity contribution is 0.157. The Hall–Kier alpha value is -1.14. The molecule has 0 aromatic carbocycles. The van der Waals surface area contributed by atoms with E-state index in [1.807, 2.05) is 20.9 Å². The molecule has 15 heavy (non-hydrogen) atoms. The molecule has 86 valence electrons. The van der Waals surface area contributed by atoms with Gasteiger partial charge in [0.05, 0.1) is 12.6 Å². The average Bonchev–Trinajstić information content (AvgIpc) is 2.72. The number of anilines is 1. The van der Waals surface area contributed by atoms with E-state index in [0.717, 1.165) is 0 Å². The maximum absolute atomic E-state index is 5.37. The third-order valence-electron chi connectivity index (χ3n) is 1.97. The van der Waals surface area contributed by atoms with Gasteiger partial charge in [0.1, 0.15) is 0 Å². The zero-order chi connectivity index (χ0) is 11.1. The lowest BCUT2D eigenvalue weighted by Crippen LogP contribution is -2.12. The highest BCUT2D eigenvalue weighted by Crippen LogP contribution is 2.12. The van der Waals surface area contributed by atoms with Gasteiger partial charge in [-0.25, -0.2) is 0 Å². The molecule has 2 N–H and O–H groups in total. The van der Waals surface area contributed by atoms with Crippen molar-refractivity contribution in [1.29, 1.82) is 0 Å². The van der Waals surface area contributed by atoms with Crippen molar-refractivity contribution in [2.45, 2.75) is 19.9 Å². The second-order valence-electron chi connectivity index (χ2n) is 3.08. The van der Waals surface area contributed by atoms with Crippen LogP contribution in [0, 0.1) is 0 Å². The first-order valence-electron chi connectivity index (χ1n) is 5.10. The molecular weight excluding hydrogens is 196 g/mol. The van der Waals surface area contributed by atoms with Crippen molar-refractivity contribution >= 4 is 6.01 Å². The summed E-state index contributed by atoms with van der Waals surface area (Å²) in [6, 6.07) is 0.506. The molecular formula is C9H18N4O2. The molecule has 0 aliphatic rings. The number of ether oxygens (including phenoxy) is 1. The Morgan fingerprint density at radius 1 is 1.47 bits per heavy atom. The van der Waals surface area contributed by atoms with Gasteiger partial charge in [0.15, 0.2) is 0 Å². The van der Waals surface area contributed by atoms with Gasteiger partial charge in [0.25, 0.3) is 0 Å². The minimum Gasteiger partial charge on any atom is -0.406 e. The molecule has 0 bridgehead atoms. The molecule has 1 atom stereocenters. The maximum Gasteiger partial charge on any atom is 0.315 e. The van der Waals surface area contributed by atoms with E-state index in [2.05, 4.69) is 20.8 Å². The Kier molecular flexibility index (Phi) is 5.06. The largest absolute Gasteiger partial charge is 0.406 e. The van der Waals surface area contributed by atoms with E-state index in [0.29, 0.717) is 31.7 Å². The van der Waals surface area contributed by atoms with E-state index in [1.54, 1.807) is 0 Å². The SMILES string of the molecule is CCOCCNc1nnc(C(C)NC)o1. The van der Waals surface area contributed by atoms with Gasteiger partial charge in [-0.3, -0.25) is 0 Å². The quantitative estimate of drug-likeness (QED) is 0.654. The molecule has 0 saturated heterocycles. The number of rotatable bonds is 7. The summed E-state index contributed by atoms with van der Waals surface area (Å²) in [6.45, 7) is 5.93. The van der Waals surface area contributed by atoms with Crippen LogP contribution >= 0.6 is 0 Å². The molecule has 1 heterocycles. The van der Waals surface area contributed by atoms with Gasteiger partial charge in [0.2, 0.25) is 5.89 Å². The summed E-state index contributed by atoms with van der Waals surface area (Å²) in [4.78, 5) is 0. The summed E-state index contributed by atoms with van der Waals surface area (Å²) in [5, 5.41) is 13.8. The summed E-state index contributed by atoms with van der Waals surface area (Å²) >= 11 is 0. The molecule has 0 amide bonds. The highest BCUT2D eigenvalue weighted by atomic mass is 16.5. The van der Waals surface area contributed by atoms with Crippen LogP contribution in [0.3, 0.4) is 0 Å². The third kappa shape index (κ3) is 3.85. The number of nitrogens with zero attached hydrogens (tertiary/aromatic N) is 2. The predicted molar refractivity (Wildman–Crippen MR) is 56.8 cm³/mol. The van der Waals surface area contributed by atoms with Crippen molar-refractivity contribution in [3.05, 3.63) is 5.89 Å². The summed E-state index contributed by atoms with van der Waals surface area (Å²) in [7, 11) is 1.84. The van der Waals surface area contributed by atoms with Crippen LogP contribution in [0.1, 0.15) is 25.8 Å². The first kappa shape index (κ1) is 11.9. The van der Waals surface area contributed by atoms with Crippen LogP contribution in [-0.4, -0.2) is 37.0 Å². The van der Waals surface area contributed by atoms with Crippen molar-refractivity contribution in [2.24, 2.45) is 0 Å². The van der Waals surface area contributed by atoms with Crippen LogP contribution < -0.4 is 10.6 Å². The standard InChI is InChI=1S/C9H18N4O2/c1-4-14-6-5-11-9-13-12-8(15-9)7(2)10-3/h7,10H,4-6H2,1-3H3,(H,11,13). The topological polar surface area (TPSA) is 72.2 Å².